The molecule has 102 valence electrons. The first-order chi connectivity index (χ1) is 8.32. The fourth-order valence-corrected chi connectivity index (χ4v) is 1.39. The molecule has 0 spiro atoms. The SMILES string of the molecule is CCOc1cc(C)nc(NCC(C)C(C)(C)C)n1. The molecule has 1 atom stereocenters. The van der Waals surface area contributed by atoms with Gasteiger partial charge in [0.15, 0.2) is 0 Å². The molecule has 0 aliphatic heterocycles. The Morgan fingerprint density at radius 2 is 2.00 bits per heavy atom. The van der Waals surface area contributed by atoms with E-state index < -0.39 is 0 Å². The molecule has 0 radical (unpaired) electrons. The minimum Gasteiger partial charge on any atom is -0.478 e. The minimum atomic E-state index is 0.277. The molecule has 0 aliphatic carbocycles. The van der Waals surface area contributed by atoms with E-state index in [2.05, 4.69) is 43.0 Å². The third-order valence-electron chi connectivity index (χ3n) is 3.17. The number of ether oxygens (including phenoxy) is 1. The van der Waals surface area contributed by atoms with Crippen LogP contribution in [0.3, 0.4) is 0 Å². The third-order valence-corrected chi connectivity index (χ3v) is 3.17. The second-order valence-corrected chi connectivity index (χ2v) is 5.75. The van der Waals surface area contributed by atoms with Crippen molar-refractivity contribution in [1.29, 1.82) is 0 Å². The molecule has 0 aromatic carbocycles. The number of hydrogen-bond acceptors (Lipinski definition) is 4. The fraction of sp³-hybridized carbons (Fsp3) is 0.714. The van der Waals surface area contributed by atoms with Gasteiger partial charge in [0.05, 0.1) is 6.61 Å². The van der Waals surface area contributed by atoms with Gasteiger partial charge in [-0.1, -0.05) is 27.7 Å². The Morgan fingerprint density at radius 1 is 1.33 bits per heavy atom. The lowest BCUT2D eigenvalue weighted by molar-refractivity contribution is 0.274. The third kappa shape index (κ3) is 4.51. The van der Waals surface area contributed by atoms with Gasteiger partial charge in [-0.25, -0.2) is 4.98 Å². The molecule has 4 heteroatoms. The summed E-state index contributed by atoms with van der Waals surface area (Å²) < 4.78 is 5.41. The standard InChI is InChI=1S/C14H25N3O/c1-7-18-12-8-11(3)16-13(17-12)15-9-10(2)14(4,5)6/h8,10H,7,9H2,1-6H3,(H,15,16,17). The Morgan fingerprint density at radius 3 is 2.56 bits per heavy atom. The topological polar surface area (TPSA) is 47.0 Å². The molecule has 4 nitrogen and oxygen atoms in total. The molecule has 0 fully saturated rings. The normalized spacial score (nSPS) is 13.2. The van der Waals surface area contributed by atoms with E-state index >= 15 is 0 Å². The summed E-state index contributed by atoms with van der Waals surface area (Å²) in [4.78, 5) is 8.70. The van der Waals surface area contributed by atoms with Crippen LogP contribution in [-0.4, -0.2) is 23.1 Å². The van der Waals surface area contributed by atoms with Gasteiger partial charge in [0.25, 0.3) is 0 Å². The molecule has 1 unspecified atom stereocenters. The molecule has 1 aromatic heterocycles. The second-order valence-electron chi connectivity index (χ2n) is 5.75. The second kappa shape index (κ2) is 6.03. The number of nitrogens with zero attached hydrogens (tertiary/aromatic N) is 2. The van der Waals surface area contributed by atoms with Gasteiger partial charge in [0.2, 0.25) is 11.8 Å². The summed E-state index contributed by atoms with van der Waals surface area (Å²) in [6.07, 6.45) is 0. The van der Waals surface area contributed by atoms with Crippen molar-refractivity contribution in [1.82, 2.24) is 9.97 Å². The average Bonchev–Trinajstić information content (AvgIpc) is 2.24. The van der Waals surface area contributed by atoms with E-state index in [1.807, 2.05) is 19.9 Å². The number of rotatable bonds is 5. The van der Waals surface area contributed by atoms with E-state index in [4.69, 9.17) is 4.74 Å². The summed E-state index contributed by atoms with van der Waals surface area (Å²) in [7, 11) is 0. The van der Waals surface area contributed by atoms with Crippen LogP contribution in [0.5, 0.6) is 5.88 Å². The molecule has 0 saturated heterocycles. The zero-order chi connectivity index (χ0) is 13.8. The number of aryl methyl sites for hydroxylation is 1. The molecule has 18 heavy (non-hydrogen) atoms. The van der Waals surface area contributed by atoms with Crippen LogP contribution in [0.4, 0.5) is 5.95 Å². The van der Waals surface area contributed by atoms with Gasteiger partial charge in [0.1, 0.15) is 0 Å². The zero-order valence-electron chi connectivity index (χ0n) is 12.4. The maximum Gasteiger partial charge on any atom is 0.226 e. The van der Waals surface area contributed by atoms with Crippen LogP contribution in [0.1, 0.15) is 40.3 Å². The summed E-state index contributed by atoms with van der Waals surface area (Å²) in [5.74, 6) is 1.82. The van der Waals surface area contributed by atoms with Crippen molar-refractivity contribution in [3.8, 4) is 5.88 Å². The van der Waals surface area contributed by atoms with E-state index in [1.165, 1.54) is 0 Å². The molecule has 0 amide bonds. The first kappa shape index (κ1) is 14.7. The van der Waals surface area contributed by atoms with Crippen molar-refractivity contribution in [3.63, 3.8) is 0 Å². The molecule has 1 N–H and O–H groups in total. The van der Waals surface area contributed by atoms with Gasteiger partial charge in [-0.15, -0.1) is 0 Å². The van der Waals surface area contributed by atoms with E-state index in [0.29, 0.717) is 24.4 Å². The van der Waals surface area contributed by atoms with Crippen molar-refractivity contribution >= 4 is 5.95 Å². The first-order valence-electron chi connectivity index (χ1n) is 6.55. The van der Waals surface area contributed by atoms with Crippen molar-refractivity contribution in [2.24, 2.45) is 11.3 Å². The predicted octanol–water partition coefficient (Wildman–Crippen LogP) is 3.28. The lowest BCUT2D eigenvalue weighted by atomic mass is 9.82. The highest BCUT2D eigenvalue weighted by atomic mass is 16.5. The van der Waals surface area contributed by atoms with E-state index in [1.54, 1.807) is 0 Å². The molecule has 0 saturated carbocycles. The molecule has 0 bridgehead atoms. The zero-order valence-corrected chi connectivity index (χ0v) is 12.4. The fourth-order valence-electron chi connectivity index (χ4n) is 1.39. The molecule has 1 heterocycles. The van der Waals surface area contributed by atoms with Crippen LogP contribution < -0.4 is 10.1 Å². The Bertz CT molecular complexity index is 385. The Hall–Kier alpha value is -1.32. The highest BCUT2D eigenvalue weighted by molar-refractivity contribution is 5.30. The Balaban J connectivity index is 2.67. The van der Waals surface area contributed by atoms with Crippen molar-refractivity contribution in [2.45, 2.75) is 41.5 Å². The summed E-state index contributed by atoms with van der Waals surface area (Å²) >= 11 is 0. The largest absolute Gasteiger partial charge is 0.478 e. The van der Waals surface area contributed by atoms with Crippen LogP contribution in [0.15, 0.2) is 6.07 Å². The highest BCUT2D eigenvalue weighted by Gasteiger charge is 2.19. The van der Waals surface area contributed by atoms with E-state index in [-0.39, 0.29) is 5.41 Å². The van der Waals surface area contributed by atoms with Crippen LogP contribution in [0.2, 0.25) is 0 Å². The van der Waals surface area contributed by atoms with Gasteiger partial charge >= 0.3 is 0 Å². The lowest BCUT2D eigenvalue weighted by Gasteiger charge is -2.27. The number of aromatic nitrogens is 2. The van der Waals surface area contributed by atoms with Gasteiger partial charge < -0.3 is 10.1 Å². The lowest BCUT2D eigenvalue weighted by Crippen LogP contribution is -2.25. The monoisotopic (exact) mass is 251 g/mol. The average molecular weight is 251 g/mol. The van der Waals surface area contributed by atoms with Gasteiger partial charge in [-0.3, -0.25) is 0 Å². The summed E-state index contributed by atoms with van der Waals surface area (Å²) in [5, 5.41) is 3.29. The number of nitrogens with one attached hydrogen (secondary N) is 1. The van der Waals surface area contributed by atoms with Crippen LogP contribution in [0, 0.1) is 18.3 Å². The van der Waals surface area contributed by atoms with Crippen LogP contribution in [-0.2, 0) is 0 Å². The highest BCUT2D eigenvalue weighted by Crippen LogP contribution is 2.25. The quantitative estimate of drug-likeness (QED) is 0.872. The maximum atomic E-state index is 5.41. The van der Waals surface area contributed by atoms with Gasteiger partial charge in [-0.05, 0) is 25.2 Å². The smallest absolute Gasteiger partial charge is 0.226 e. The molecular formula is C14H25N3O. The van der Waals surface area contributed by atoms with Crippen LogP contribution in [0.25, 0.3) is 0 Å². The van der Waals surface area contributed by atoms with Crippen molar-refractivity contribution in [3.05, 3.63) is 11.8 Å². The Labute approximate surface area is 110 Å². The summed E-state index contributed by atoms with van der Waals surface area (Å²) in [6.45, 7) is 14.3. The summed E-state index contributed by atoms with van der Waals surface area (Å²) in [5.41, 5.74) is 1.19. The van der Waals surface area contributed by atoms with Crippen molar-refractivity contribution in [2.75, 3.05) is 18.5 Å². The molecule has 0 aliphatic rings. The molecule has 1 aromatic rings. The Kier molecular flexibility index (Phi) is 4.93. The number of anilines is 1. The van der Waals surface area contributed by atoms with Gasteiger partial charge in [0, 0.05) is 18.3 Å². The van der Waals surface area contributed by atoms with E-state index in [9.17, 15) is 0 Å². The van der Waals surface area contributed by atoms with Gasteiger partial charge in [-0.2, -0.15) is 4.98 Å². The number of hydrogen-bond donors (Lipinski definition) is 1. The van der Waals surface area contributed by atoms with E-state index in [0.717, 1.165) is 12.2 Å². The maximum absolute atomic E-state index is 5.41. The van der Waals surface area contributed by atoms with Crippen molar-refractivity contribution < 1.29 is 4.74 Å². The van der Waals surface area contributed by atoms with Crippen LogP contribution >= 0.6 is 0 Å². The molecule has 1 rings (SSSR count). The minimum absolute atomic E-state index is 0.277. The predicted molar refractivity (Wildman–Crippen MR) is 75.0 cm³/mol. The first-order valence-corrected chi connectivity index (χ1v) is 6.55. The summed E-state index contributed by atoms with van der Waals surface area (Å²) in [6, 6.07) is 1.85. The molecular weight excluding hydrogens is 226 g/mol.